The number of amides is 2. The zero-order chi connectivity index (χ0) is 19.5. The van der Waals surface area contributed by atoms with Gasteiger partial charge < -0.3 is 15.2 Å². The summed E-state index contributed by atoms with van der Waals surface area (Å²) < 4.78 is 0. The maximum atomic E-state index is 12.4. The number of para-hydroxylation sites is 2. The third-order valence-electron chi connectivity index (χ3n) is 5.13. The molecule has 0 radical (unpaired) electrons. The molecular formula is C21H21ClN4O2. The quantitative estimate of drug-likeness (QED) is 0.709. The zero-order valence-electron chi connectivity index (χ0n) is 15.3. The number of nitrogens with zero attached hydrogens (tertiary/aromatic N) is 2. The van der Waals surface area contributed by atoms with Gasteiger partial charge in [0.25, 0.3) is 5.91 Å². The number of fused-ring (bicyclic) bond motifs is 1. The standard InChI is InChI=1S/C21H21ClN4O2/c22-16-5-3-4-15(12-16)21(28)23-13-19(27)26-10-8-14(9-11-26)20-24-17-6-1-2-7-18(17)25-20/h1-7,12,14H,8-11,13H2,(H,23,28)(H,24,25). The van der Waals surface area contributed by atoms with Crippen LogP contribution in [0.1, 0.15) is 34.9 Å². The van der Waals surface area contributed by atoms with E-state index in [0.717, 1.165) is 29.7 Å². The third-order valence-corrected chi connectivity index (χ3v) is 5.36. The lowest BCUT2D eigenvalue weighted by atomic mass is 9.96. The number of nitrogens with one attached hydrogen (secondary N) is 2. The first-order valence-electron chi connectivity index (χ1n) is 9.36. The predicted molar refractivity (Wildman–Crippen MR) is 108 cm³/mol. The van der Waals surface area contributed by atoms with Gasteiger partial charge in [-0.05, 0) is 43.2 Å². The molecule has 2 N–H and O–H groups in total. The molecule has 3 aromatic rings. The van der Waals surface area contributed by atoms with Gasteiger partial charge in [0.2, 0.25) is 5.91 Å². The Hall–Kier alpha value is -2.86. The molecule has 6 nitrogen and oxygen atoms in total. The van der Waals surface area contributed by atoms with Gasteiger partial charge in [-0.3, -0.25) is 9.59 Å². The molecule has 1 aliphatic rings. The molecular weight excluding hydrogens is 376 g/mol. The first-order valence-corrected chi connectivity index (χ1v) is 9.74. The predicted octanol–water partition coefficient (Wildman–Crippen LogP) is 3.35. The number of piperidine rings is 1. The van der Waals surface area contributed by atoms with Crippen LogP contribution in [0.25, 0.3) is 11.0 Å². The van der Waals surface area contributed by atoms with Crippen LogP contribution in [0.5, 0.6) is 0 Å². The second-order valence-corrected chi connectivity index (χ2v) is 7.42. The molecule has 2 aromatic carbocycles. The highest BCUT2D eigenvalue weighted by Crippen LogP contribution is 2.27. The summed E-state index contributed by atoms with van der Waals surface area (Å²) in [5.74, 6) is 0.937. The van der Waals surface area contributed by atoms with E-state index in [1.807, 2.05) is 24.3 Å². The minimum absolute atomic E-state index is 0.0132. The number of likely N-dealkylation sites (tertiary alicyclic amines) is 1. The number of carbonyl (C=O) groups is 2. The summed E-state index contributed by atoms with van der Waals surface area (Å²) in [4.78, 5) is 34.5. The van der Waals surface area contributed by atoms with Crippen LogP contribution in [-0.2, 0) is 4.79 Å². The van der Waals surface area contributed by atoms with Crippen LogP contribution in [0.2, 0.25) is 5.02 Å². The van der Waals surface area contributed by atoms with Crippen molar-refractivity contribution in [3.05, 3.63) is 64.9 Å². The number of rotatable bonds is 4. The molecule has 1 aliphatic heterocycles. The number of aromatic nitrogens is 2. The summed E-state index contributed by atoms with van der Waals surface area (Å²) in [5.41, 5.74) is 2.46. The molecule has 1 saturated heterocycles. The van der Waals surface area contributed by atoms with Crippen molar-refractivity contribution in [2.24, 2.45) is 0 Å². The summed E-state index contributed by atoms with van der Waals surface area (Å²) in [6, 6.07) is 14.7. The van der Waals surface area contributed by atoms with Crippen LogP contribution >= 0.6 is 11.6 Å². The Labute approximate surface area is 167 Å². The summed E-state index contributed by atoms with van der Waals surface area (Å²) >= 11 is 5.90. The van der Waals surface area contributed by atoms with Crippen molar-refractivity contribution in [1.82, 2.24) is 20.2 Å². The van der Waals surface area contributed by atoms with E-state index in [4.69, 9.17) is 11.6 Å². The fourth-order valence-electron chi connectivity index (χ4n) is 3.57. The number of benzene rings is 2. The molecule has 144 valence electrons. The topological polar surface area (TPSA) is 78.1 Å². The highest BCUT2D eigenvalue weighted by atomic mass is 35.5. The first-order chi connectivity index (χ1) is 13.6. The highest BCUT2D eigenvalue weighted by Gasteiger charge is 2.25. The van der Waals surface area contributed by atoms with Crippen molar-refractivity contribution in [2.45, 2.75) is 18.8 Å². The van der Waals surface area contributed by atoms with Crippen LogP contribution in [0.3, 0.4) is 0 Å². The van der Waals surface area contributed by atoms with Gasteiger partial charge in [-0.2, -0.15) is 0 Å². The zero-order valence-corrected chi connectivity index (χ0v) is 16.1. The van der Waals surface area contributed by atoms with Crippen molar-refractivity contribution in [2.75, 3.05) is 19.6 Å². The van der Waals surface area contributed by atoms with Crippen molar-refractivity contribution in [3.8, 4) is 0 Å². The van der Waals surface area contributed by atoms with Crippen LogP contribution < -0.4 is 5.32 Å². The molecule has 0 aliphatic carbocycles. The maximum Gasteiger partial charge on any atom is 0.251 e. The summed E-state index contributed by atoms with van der Waals surface area (Å²) in [6.07, 6.45) is 1.71. The number of halogens is 1. The number of imidazole rings is 1. The number of carbonyl (C=O) groups excluding carboxylic acids is 2. The molecule has 2 amide bonds. The summed E-state index contributed by atoms with van der Waals surface area (Å²) in [6.45, 7) is 1.31. The van der Waals surface area contributed by atoms with Gasteiger partial charge >= 0.3 is 0 Å². The van der Waals surface area contributed by atoms with E-state index in [0.29, 0.717) is 29.6 Å². The van der Waals surface area contributed by atoms with Gasteiger partial charge in [0.05, 0.1) is 17.6 Å². The Bertz CT molecular complexity index is 975. The van der Waals surface area contributed by atoms with Gasteiger partial charge in [0, 0.05) is 29.6 Å². The molecule has 0 spiro atoms. The molecule has 0 saturated carbocycles. The van der Waals surface area contributed by atoms with Crippen molar-refractivity contribution in [1.29, 1.82) is 0 Å². The number of hydrogen-bond acceptors (Lipinski definition) is 3. The molecule has 0 unspecified atom stereocenters. The third kappa shape index (κ3) is 4.02. The van der Waals surface area contributed by atoms with Gasteiger partial charge in [0.15, 0.2) is 0 Å². The monoisotopic (exact) mass is 396 g/mol. The van der Waals surface area contributed by atoms with E-state index in [-0.39, 0.29) is 18.4 Å². The largest absolute Gasteiger partial charge is 0.343 e. The summed E-state index contributed by atoms with van der Waals surface area (Å²) in [5, 5.41) is 3.17. The molecule has 1 aromatic heterocycles. The Morgan fingerprint density at radius 1 is 1.14 bits per heavy atom. The van der Waals surface area contributed by atoms with E-state index in [1.54, 1.807) is 29.2 Å². The van der Waals surface area contributed by atoms with Crippen molar-refractivity contribution < 1.29 is 9.59 Å². The Morgan fingerprint density at radius 3 is 2.68 bits per heavy atom. The Balaban J connectivity index is 1.29. The molecule has 2 heterocycles. The molecule has 1 fully saturated rings. The van der Waals surface area contributed by atoms with E-state index >= 15 is 0 Å². The average Bonchev–Trinajstić information content (AvgIpc) is 3.16. The molecule has 28 heavy (non-hydrogen) atoms. The Kier molecular flexibility index (Phi) is 5.30. The van der Waals surface area contributed by atoms with Gasteiger partial charge in [-0.25, -0.2) is 4.98 Å². The average molecular weight is 397 g/mol. The van der Waals surface area contributed by atoms with Gasteiger partial charge in [-0.1, -0.05) is 29.8 Å². The number of H-pyrrole nitrogens is 1. The fourth-order valence-corrected chi connectivity index (χ4v) is 3.76. The minimum Gasteiger partial charge on any atom is -0.343 e. The number of aromatic amines is 1. The lowest BCUT2D eigenvalue weighted by Crippen LogP contribution is -2.43. The lowest BCUT2D eigenvalue weighted by Gasteiger charge is -2.31. The second-order valence-electron chi connectivity index (χ2n) is 6.99. The smallest absolute Gasteiger partial charge is 0.251 e. The molecule has 7 heteroatoms. The fraction of sp³-hybridized carbons (Fsp3) is 0.286. The SMILES string of the molecule is O=C(NCC(=O)N1CCC(c2nc3ccccc3[nH]2)CC1)c1cccc(Cl)c1. The lowest BCUT2D eigenvalue weighted by molar-refractivity contribution is -0.131. The normalized spacial score (nSPS) is 15.0. The minimum atomic E-state index is -0.298. The summed E-state index contributed by atoms with van der Waals surface area (Å²) in [7, 11) is 0. The van der Waals surface area contributed by atoms with E-state index in [2.05, 4.69) is 15.3 Å². The van der Waals surface area contributed by atoms with Crippen LogP contribution in [0, 0.1) is 0 Å². The number of hydrogen-bond donors (Lipinski definition) is 2. The van der Waals surface area contributed by atoms with Crippen LogP contribution in [0.15, 0.2) is 48.5 Å². The van der Waals surface area contributed by atoms with Crippen LogP contribution in [-0.4, -0.2) is 46.3 Å². The maximum absolute atomic E-state index is 12.4. The van der Waals surface area contributed by atoms with E-state index in [1.165, 1.54) is 0 Å². The van der Waals surface area contributed by atoms with Gasteiger partial charge in [-0.15, -0.1) is 0 Å². The molecule has 0 bridgehead atoms. The molecule has 4 rings (SSSR count). The van der Waals surface area contributed by atoms with Crippen LogP contribution in [0.4, 0.5) is 0 Å². The first kappa shape index (κ1) is 18.5. The van der Waals surface area contributed by atoms with Gasteiger partial charge in [0.1, 0.15) is 5.82 Å². The molecule has 0 atom stereocenters. The van der Waals surface area contributed by atoms with E-state index in [9.17, 15) is 9.59 Å². The second kappa shape index (κ2) is 8.02. The highest BCUT2D eigenvalue weighted by molar-refractivity contribution is 6.30. The van der Waals surface area contributed by atoms with E-state index < -0.39 is 0 Å². The van der Waals surface area contributed by atoms with Crippen molar-refractivity contribution in [3.63, 3.8) is 0 Å². The van der Waals surface area contributed by atoms with Crippen molar-refractivity contribution >= 4 is 34.4 Å². The Morgan fingerprint density at radius 2 is 1.93 bits per heavy atom.